The first-order valence-corrected chi connectivity index (χ1v) is 10.5. The Kier molecular flexibility index (Phi) is 6.36. The van der Waals surface area contributed by atoms with E-state index in [2.05, 4.69) is 5.32 Å². The number of pyridine rings is 1. The van der Waals surface area contributed by atoms with Gasteiger partial charge in [-0.2, -0.15) is 0 Å². The highest BCUT2D eigenvalue weighted by Crippen LogP contribution is 2.32. The Bertz CT molecular complexity index is 1310. The van der Waals surface area contributed by atoms with Crippen molar-refractivity contribution in [1.82, 2.24) is 4.98 Å². The van der Waals surface area contributed by atoms with Crippen LogP contribution in [0.5, 0.6) is 5.75 Å². The number of benzene rings is 3. The number of esters is 1. The van der Waals surface area contributed by atoms with Crippen LogP contribution in [0.4, 0.5) is 5.69 Å². The van der Waals surface area contributed by atoms with E-state index in [0.29, 0.717) is 27.9 Å². The Morgan fingerprint density at radius 1 is 0.879 bits per heavy atom. The number of hydrogen-bond donors (Lipinski definition) is 1. The molecule has 0 atom stereocenters. The van der Waals surface area contributed by atoms with Gasteiger partial charge in [0.2, 0.25) is 0 Å². The summed E-state index contributed by atoms with van der Waals surface area (Å²) >= 11 is 0. The number of anilines is 1. The lowest BCUT2D eigenvalue weighted by Crippen LogP contribution is -2.13. The van der Waals surface area contributed by atoms with Crippen LogP contribution in [0.2, 0.25) is 0 Å². The van der Waals surface area contributed by atoms with Crippen LogP contribution in [0.3, 0.4) is 0 Å². The predicted octanol–water partition coefficient (Wildman–Crippen LogP) is 5.32. The Morgan fingerprint density at radius 3 is 2.21 bits per heavy atom. The van der Waals surface area contributed by atoms with Gasteiger partial charge in [0.05, 0.1) is 18.3 Å². The molecule has 0 aliphatic rings. The molecule has 3 aromatic carbocycles. The van der Waals surface area contributed by atoms with Gasteiger partial charge in [-0.15, -0.1) is 0 Å². The molecule has 6 heteroatoms. The average Bonchev–Trinajstić information content (AvgIpc) is 2.83. The number of hydrogen-bond acceptors (Lipinski definition) is 5. The van der Waals surface area contributed by atoms with Crippen LogP contribution < -0.4 is 10.1 Å². The highest BCUT2D eigenvalue weighted by molar-refractivity contribution is 6.05. The lowest BCUT2D eigenvalue weighted by molar-refractivity contribution is -0.142. The van der Waals surface area contributed by atoms with Gasteiger partial charge in [0.15, 0.2) is 6.61 Å². The summed E-state index contributed by atoms with van der Waals surface area (Å²) in [7, 11) is 1.31. The average molecular weight is 440 g/mol. The summed E-state index contributed by atoms with van der Waals surface area (Å²) in [5, 5.41) is 3.59. The first kappa shape index (κ1) is 22.0. The molecule has 1 amide bonds. The van der Waals surface area contributed by atoms with Crippen molar-refractivity contribution in [3.63, 3.8) is 0 Å². The molecule has 0 aliphatic carbocycles. The Hall–Kier alpha value is -4.19. The predicted molar refractivity (Wildman–Crippen MR) is 129 cm³/mol. The molecule has 0 bridgehead atoms. The molecular formula is C27H24N2O4. The van der Waals surface area contributed by atoms with E-state index in [1.807, 2.05) is 56.3 Å². The lowest BCUT2D eigenvalue weighted by atomic mass is 10.1. The molecule has 0 spiro atoms. The fraction of sp³-hybridized carbons (Fsp3) is 0.148. The van der Waals surface area contributed by atoms with Gasteiger partial charge in [0, 0.05) is 28.3 Å². The molecule has 0 radical (unpaired) electrons. The molecule has 4 rings (SSSR count). The van der Waals surface area contributed by atoms with Crippen molar-refractivity contribution < 1.29 is 19.1 Å². The van der Waals surface area contributed by atoms with Gasteiger partial charge in [-0.25, -0.2) is 9.78 Å². The van der Waals surface area contributed by atoms with Gasteiger partial charge in [-0.1, -0.05) is 47.5 Å². The summed E-state index contributed by atoms with van der Waals surface area (Å²) in [5.74, 6) is -0.219. The van der Waals surface area contributed by atoms with Crippen molar-refractivity contribution in [2.75, 3.05) is 19.0 Å². The Balaban J connectivity index is 1.71. The number of nitrogens with one attached hydrogen (secondary N) is 1. The van der Waals surface area contributed by atoms with Crippen LogP contribution in [0.1, 0.15) is 21.5 Å². The first-order valence-electron chi connectivity index (χ1n) is 10.5. The van der Waals surface area contributed by atoms with Crippen LogP contribution in [-0.2, 0) is 9.53 Å². The van der Waals surface area contributed by atoms with Crippen LogP contribution in [0.25, 0.3) is 22.2 Å². The van der Waals surface area contributed by atoms with E-state index in [-0.39, 0.29) is 12.5 Å². The number of carbonyl (C=O) groups is 2. The number of ether oxygens (including phenoxy) is 2. The van der Waals surface area contributed by atoms with E-state index in [1.165, 1.54) is 7.11 Å². The molecule has 33 heavy (non-hydrogen) atoms. The second-order valence-electron chi connectivity index (χ2n) is 7.79. The Morgan fingerprint density at radius 2 is 1.55 bits per heavy atom. The van der Waals surface area contributed by atoms with E-state index in [1.54, 1.807) is 30.3 Å². The van der Waals surface area contributed by atoms with E-state index in [0.717, 1.165) is 22.4 Å². The van der Waals surface area contributed by atoms with Crippen molar-refractivity contribution in [3.8, 4) is 17.0 Å². The van der Waals surface area contributed by atoms with Gasteiger partial charge in [0.25, 0.3) is 5.91 Å². The summed E-state index contributed by atoms with van der Waals surface area (Å²) in [6, 6.07) is 22.6. The van der Waals surface area contributed by atoms with Crippen molar-refractivity contribution in [2.24, 2.45) is 0 Å². The second-order valence-corrected chi connectivity index (χ2v) is 7.79. The fourth-order valence-corrected chi connectivity index (χ4v) is 3.37. The zero-order chi connectivity index (χ0) is 23.4. The zero-order valence-corrected chi connectivity index (χ0v) is 18.7. The number of aromatic nitrogens is 1. The molecule has 1 heterocycles. The van der Waals surface area contributed by atoms with Gasteiger partial charge in [0.1, 0.15) is 5.75 Å². The monoisotopic (exact) mass is 440 g/mol. The molecule has 0 aliphatic heterocycles. The SMILES string of the molecule is COC(=O)COc1cc(-c2ccc(C)cc2)nc2ccc(NC(=O)c3ccc(C)cc3)cc12. The van der Waals surface area contributed by atoms with Crippen molar-refractivity contribution in [2.45, 2.75) is 13.8 Å². The second kappa shape index (κ2) is 9.53. The molecule has 0 fully saturated rings. The molecular weight excluding hydrogens is 416 g/mol. The highest BCUT2D eigenvalue weighted by atomic mass is 16.6. The summed E-state index contributed by atoms with van der Waals surface area (Å²) in [6.07, 6.45) is 0. The van der Waals surface area contributed by atoms with Crippen LogP contribution in [-0.4, -0.2) is 30.6 Å². The third-order valence-electron chi connectivity index (χ3n) is 5.26. The number of nitrogens with zero attached hydrogens (tertiary/aromatic N) is 1. The molecule has 0 saturated heterocycles. The molecule has 0 saturated carbocycles. The summed E-state index contributed by atoms with van der Waals surface area (Å²) in [5.41, 5.74) is 5.73. The third kappa shape index (κ3) is 5.18. The third-order valence-corrected chi connectivity index (χ3v) is 5.26. The fourth-order valence-electron chi connectivity index (χ4n) is 3.37. The number of methoxy groups -OCH3 is 1. The van der Waals surface area contributed by atoms with Gasteiger partial charge in [-0.3, -0.25) is 4.79 Å². The van der Waals surface area contributed by atoms with Crippen LogP contribution in [0, 0.1) is 13.8 Å². The topological polar surface area (TPSA) is 77.5 Å². The maximum Gasteiger partial charge on any atom is 0.343 e. The van der Waals surface area contributed by atoms with Crippen molar-refractivity contribution in [1.29, 1.82) is 0 Å². The molecule has 1 N–H and O–H groups in total. The minimum absolute atomic E-state index is 0.212. The number of carbonyl (C=O) groups excluding carboxylic acids is 2. The minimum atomic E-state index is -0.485. The van der Waals surface area contributed by atoms with E-state index >= 15 is 0 Å². The molecule has 1 aromatic heterocycles. The van der Waals surface area contributed by atoms with Gasteiger partial charge >= 0.3 is 5.97 Å². The standard InChI is InChI=1S/C27H24N2O4/c1-17-4-8-19(9-5-17)24-15-25(33-16-26(30)32-3)22-14-21(12-13-23(22)29-24)28-27(31)20-10-6-18(2)7-11-20/h4-15H,16H2,1-3H3,(H,28,31). The number of aryl methyl sites for hydroxylation is 2. The van der Waals surface area contributed by atoms with E-state index in [4.69, 9.17) is 14.5 Å². The lowest BCUT2D eigenvalue weighted by Gasteiger charge is -2.13. The largest absolute Gasteiger partial charge is 0.481 e. The number of amides is 1. The summed E-state index contributed by atoms with van der Waals surface area (Å²) < 4.78 is 10.5. The van der Waals surface area contributed by atoms with Crippen LogP contribution in [0.15, 0.2) is 72.8 Å². The summed E-state index contributed by atoms with van der Waals surface area (Å²) in [6.45, 7) is 3.76. The highest BCUT2D eigenvalue weighted by Gasteiger charge is 2.13. The molecule has 0 unspecified atom stereocenters. The molecule has 6 nitrogen and oxygen atoms in total. The molecule has 4 aromatic rings. The maximum absolute atomic E-state index is 12.6. The van der Waals surface area contributed by atoms with Crippen molar-refractivity contribution in [3.05, 3.63) is 89.5 Å². The quantitative estimate of drug-likeness (QED) is 0.411. The van der Waals surface area contributed by atoms with Crippen LogP contribution >= 0.6 is 0 Å². The minimum Gasteiger partial charge on any atom is -0.481 e. The molecule has 166 valence electrons. The number of fused-ring (bicyclic) bond motifs is 1. The summed E-state index contributed by atoms with van der Waals surface area (Å²) in [4.78, 5) is 29.1. The van der Waals surface area contributed by atoms with E-state index < -0.39 is 5.97 Å². The van der Waals surface area contributed by atoms with Gasteiger partial charge in [-0.05, 0) is 44.2 Å². The maximum atomic E-state index is 12.6. The Labute approximate surface area is 192 Å². The first-order chi connectivity index (χ1) is 15.9. The normalized spacial score (nSPS) is 10.6. The zero-order valence-electron chi connectivity index (χ0n) is 18.7. The van der Waals surface area contributed by atoms with Gasteiger partial charge < -0.3 is 14.8 Å². The van der Waals surface area contributed by atoms with E-state index in [9.17, 15) is 9.59 Å². The smallest absolute Gasteiger partial charge is 0.343 e. The van der Waals surface area contributed by atoms with Crippen molar-refractivity contribution >= 4 is 28.5 Å². The number of rotatable bonds is 6.